The zero-order valence-electron chi connectivity index (χ0n) is 10.1. The second-order valence-electron chi connectivity index (χ2n) is 4.14. The largest absolute Gasteiger partial charge is 0.504 e. The van der Waals surface area contributed by atoms with Gasteiger partial charge >= 0.3 is 0 Å². The molecule has 0 radical (unpaired) electrons. The highest BCUT2D eigenvalue weighted by molar-refractivity contribution is 6.06. The summed E-state index contributed by atoms with van der Waals surface area (Å²) in [5, 5.41) is 21.3. The quantitative estimate of drug-likeness (QED) is 0.728. The SMILES string of the molecule is Cc1cc(F)cc(NC(=O)c2cccc(O)c2O)c1. The van der Waals surface area contributed by atoms with Crippen LogP contribution >= 0.6 is 0 Å². The maximum atomic E-state index is 13.2. The third kappa shape index (κ3) is 2.82. The van der Waals surface area contributed by atoms with E-state index in [9.17, 15) is 19.4 Å². The molecule has 0 spiro atoms. The van der Waals surface area contributed by atoms with E-state index in [1.165, 1.54) is 30.3 Å². The van der Waals surface area contributed by atoms with Crippen molar-refractivity contribution in [2.45, 2.75) is 6.92 Å². The van der Waals surface area contributed by atoms with E-state index < -0.39 is 17.5 Å². The lowest BCUT2D eigenvalue weighted by Crippen LogP contribution is -2.12. The number of para-hydroxylation sites is 1. The highest BCUT2D eigenvalue weighted by Gasteiger charge is 2.14. The van der Waals surface area contributed by atoms with Gasteiger partial charge in [-0.05, 0) is 42.8 Å². The van der Waals surface area contributed by atoms with Gasteiger partial charge in [-0.25, -0.2) is 4.39 Å². The number of hydrogen-bond acceptors (Lipinski definition) is 3. The Kier molecular flexibility index (Phi) is 3.37. The Hall–Kier alpha value is -2.56. The number of hydrogen-bond donors (Lipinski definition) is 3. The molecule has 0 aromatic heterocycles. The molecule has 0 unspecified atom stereocenters. The lowest BCUT2D eigenvalue weighted by Gasteiger charge is -2.08. The van der Waals surface area contributed by atoms with Gasteiger partial charge in [0.15, 0.2) is 11.5 Å². The highest BCUT2D eigenvalue weighted by Crippen LogP contribution is 2.28. The summed E-state index contributed by atoms with van der Waals surface area (Å²) in [6.07, 6.45) is 0. The molecule has 5 heteroatoms. The van der Waals surface area contributed by atoms with E-state index in [0.29, 0.717) is 5.56 Å². The number of carbonyl (C=O) groups excluding carboxylic acids is 1. The van der Waals surface area contributed by atoms with E-state index in [-0.39, 0.29) is 17.0 Å². The molecule has 4 nitrogen and oxygen atoms in total. The number of rotatable bonds is 2. The molecule has 19 heavy (non-hydrogen) atoms. The maximum absolute atomic E-state index is 13.2. The number of halogens is 1. The summed E-state index contributed by atoms with van der Waals surface area (Å²) in [4.78, 5) is 11.9. The number of anilines is 1. The number of phenols is 2. The summed E-state index contributed by atoms with van der Waals surface area (Å²) in [5.41, 5.74) is 0.864. The monoisotopic (exact) mass is 261 g/mol. The van der Waals surface area contributed by atoms with E-state index in [1.807, 2.05) is 0 Å². The first-order valence-corrected chi connectivity index (χ1v) is 5.57. The number of carbonyl (C=O) groups is 1. The van der Waals surface area contributed by atoms with Gasteiger partial charge in [-0.15, -0.1) is 0 Å². The molecule has 0 aliphatic heterocycles. The van der Waals surface area contributed by atoms with Crippen molar-refractivity contribution in [3.05, 3.63) is 53.3 Å². The van der Waals surface area contributed by atoms with Crippen molar-refractivity contribution in [3.8, 4) is 11.5 Å². The van der Waals surface area contributed by atoms with Crippen LogP contribution in [0.5, 0.6) is 11.5 Å². The maximum Gasteiger partial charge on any atom is 0.259 e. The van der Waals surface area contributed by atoms with Gasteiger partial charge in [0.2, 0.25) is 0 Å². The van der Waals surface area contributed by atoms with Crippen LogP contribution in [0.2, 0.25) is 0 Å². The van der Waals surface area contributed by atoms with Crippen LogP contribution in [0.15, 0.2) is 36.4 Å². The molecule has 0 fully saturated rings. The molecule has 0 aliphatic rings. The van der Waals surface area contributed by atoms with E-state index in [0.717, 1.165) is 0 Å². The molecule has 3 N–H and O–H groups in total. The first-order chi connectivity index (χ1) is 8.97. The molecule has 0 heterocycles. The molecular weight excluding hydrogens is 249 g/mol. The van der Waals surface area contributed by atoms with Crippen molar-refractivity contribution >= 4 is 11.6 Å². The van der Waals surface area contributed by atoms with Crippen molar-refractivity contribution in [3.63, 3.8) is 0 Å². The van der Waals surface area contributed by atoms with Crippen LogP contribution in [0.1, 0.15) is 15.9 Å². The first kappa shape index (κ1) is 12.9. The number of phenolic OH excluding ortho intramolecular Hbond substituents is 2. The minimum absolute atomic E-state index is 0.0816. The van der Waals surface area contributed by atoms with Crippen LogP contribution in [0, 0.1) is 12.7 Å². The topological polar surface area (TPSA) is 69.6 Å². The Morgan fingerprint density at radius 2 is 1.95 bits per heavy atom. The fourth-order valence-corrected chi connectivity index (χ4v) is 1.72. The molecule has 1 amide bonds. The molecular formula is C14H12FNO3. The standard InChI is InChI=1S/C14H12FNO3/c1-8-5-9(15)7-10(6-8)16-14(19)11-3-2-4-12(17)13(11)18/h2-7,17-18H,1H3,(H,16,19). The molecule has 0 aliphatic carbocycles. The Bertz CT molecular complexity index is 620. The van der Waals surface area contributed by atoms with Crippen molar-refractivity contribution in [1.29, 1.82) is 0 Å². The number of benzene rings is 2. The van der Waals surface area contributed by atoms with E-state index in [2.05, 4.69) is 5.32 Å². The zero-order chi connectivity index (χ0) is 14.0. The van der Waals surface area contributed by atoms with Crippen LogP contribution in [-0.2, 0) is 0 Å². The fourth-order valence-electron chi connectivity index (χ4n) is 1.72. The van der Waals surface area contributed by atoms with Crippen molar-refractivity contribution in [2.24, 2.45) is 0 Å². The first-order valence-electron chi connectivity index (χ1n) is 5.57. The molecule has 2 rings (SSSR count). The molecule has 0 saturated carbocycles. The lowest BCUT2D eigenvalue weighted by molar-refractivity contribution is 0.102. The number of nitrogens with one attached hydrogen (secondary N) is 1. The average Bonchev–Trinajstić information content (AvgIpc) is 2.31. The van der Waals surface area contributed by atoms with Gasteiger partial charge in [0.25, 0.3) is 5.91 Å². The summed E-state index contributed by atoms with van der Waals surface area (Å²) in [7, 11) is 0. The van der Waals surface area contributed by atoms with E-state index in [1.54, 1.807) is 13.0 Å². The van der Waals surface area contributed by atoms with Gasteiger partial charge < -0.3 is 15.5 Å². The molecule has 98 valence electrons. The fraction of sp³-hybridized carbons (Fsp3) is 0.0714. The molecule has 2 aromatic rings. The minimum atomic E-state index is -0.626. The van der Waals surface area contributed by atoms with Crippen molar-refractivity contribution < 1.29 is 19.4 Å². The summed E-state index contributed by atoms with van der Waals surface area (Å²) < 4.78 is 13.2. The molecule has 2 aromatic carbocycles. The third-order valence-electron chi connectivity index (χ3n) is 2.56. The van der Waals surface area contributed by atoms with Gasteiger partial charge in [0.05, 0.1) is 5.56 Å². The van der Waals surface area contributed by atoms with Crippen molar-refractivity contribution in [2.75, 3.05) is 5.32 Å². The number of aryl methyl sites for hydroxylation is 1. The van der Waals surface area contributed by atoms with Gasteiger partial charge in [0, 0.05) is 5.69 Å². The second kappa shape index (κ2) is 4.97. The summed E-state index contributed by atoms with van der Waals surface area (Å²) in [5.74, 6) is -1.98. The van der Waals surface area contributed by atoms with Gasteiger partial charge in [-0.2, -0.15) is 0 Å². The second-order valence-corrected chi connectivity index (χ2v) is 4.14. The summed E-state index contributed by atoms with van der Waals surface area (Å²) in [6, 6.07) is 8.16. The molecule has 0 atom stereocenters. The van der Waals surface area contributed by atoms with Crippen LogP contribution in [0.3, 0.4) is 0 Å². The average molecular weight is 261 g/mol. The van der Waals surface area contributed by atoms with E-state index >= 15 is 0 Å². The number of aromatic hydroxyl groups is 2. The smallest absolute Gasteiger partial charge is 0.259 e. The van der Waals surface area contributed by atoms with E-state index in [4.69, 9.17) is 0 Å². The predicted octanol–water partition coefficient (Wildman–Crippen LogP) is 2.80. The highest BCUT2D eigenvalue weighted by atomic mass is 19.1. The lowest BCUT2D eigenvalue weighted by atomic mass is 10.1. The summed E-state index contributed by atoms with van der Waals surface area (Å²) in [6.45, 7) is 1.70. The number of amides is 1. The minimum Gasteiger partial charge on any atom is -0.504 e. The van der Waals surface area contributed by atoms with Crippen molar-refractivity contribution in [1.82, 2.24) is 0 Å². The van der Waals surface area contributed by atoms with Gasteiger partial charge in [-0.3, -0.25) is 4.79 Å². The predicted molar refractivity (Wildman–Crippen MR) is 68.9 cm³/mol. The summed E-state index contributed by atoms with van der Waals surface area (Å²) >= 11 is 0. The van der Waals surface area contributed by atoms with Crippen LogP contribution in [0.25, 0.3) is 0 Å². The Morgan fingerprint density at radius 3 is 2.63 bits per heavy atom. The van der Waals surface area contributed by atoms with Gasteiger partial charge in [0.1, 0.15) is 5.82 Å². The van der Waals surface area contributed by atoms with Crippen LogP contribution in [-0.4, -0.2) is 16.1 Å². The Balaban J connectivity index is 2.28. The zero-order valence-corrected chi connectivity index (χ0v) is 10.1. The van der Waals surface area contributed by atoms with Crippen LogP contribution in [0.4, 0.5) is 10.1 Å². The molecule has 0 saturated heterocycles. The normalized spacial score (nSPS) is 10.2. The Morgan fingerprint density at radius 1 is 1.21 bits per heavy atom. The Labute approximate surface area is 109 Å². The van der Waals surface area contributed by atoms with Crippen LogP contribution < -0.4 is 5.32 Å². The molecule has 0 bridgehead atoms. The third-order valence-corrected chi connectivity index (χ3v) is 2.56. The van der Waals surface area contributed by atoms with Gasteiger partial charge in [-0.1, -0.05) is 6.07 Å².